The number of hydrogen-bond donors (Lipinski definition) is 1. The van der Waals surface area contributed by atoms with E-state index in [9.17, 15) is 14.0 Å². The number of aryl methyl sites for hydroxylation is 1. The van der Waals surface area contributed by atoms with Crippen molar-refractivity contribution in [3.8, 4) is 0 Å². The van der Waals surface area contributed by atoms with Crippen LogP contribution in [0.25, 0.3) is 0 Å². The van der Waals surface area contributed by atoms with Crippen LogP contribution in [0, 0.1) is 5.82 Å². The van der Waals surface area contributed by atoms with Crippen molar-refractivity contribution >= 4 is 11.8 Å². The van der Waals surface area contributed by atoms with Crippen LogP contribution in [0.2, 0.25) is 0 Å². The number of nitrogens with one attached hydrogen (secondary N) is 1. The molecule has 1 aromatic rings. The van der Waals surface area contributed by atoms with Crippen molar-refractivity contribution in [1.29, 1.82) is 0 Å². The quantitative estimate of drug-likeness (QED) is 0.625. The maximum Gasteiger partial charge on any atom is 0.258 e. The third-order valence-electron chi connectivity index (χ3n) is 2.19. The zero-order chi connectivity index (χ0) is 10.1. The van der Waals surface area contributed by atoms with Gasteiger partial charge in [0, 0.05) is 12.0 Å². The molecule has 1 aliphatic heterocycles. The molecule has 4 heteroatoms. The average molecular weight is 193 g/mol. The molecule has 1 N–H and O–H groups in total. The van der Waals surface area contributed by atoms with E-state index in [2.05, 4.69) is 5.32 Å². The number of amides is 2. The number of carbonyl (C=O) groups is 2. The minimum Gasteiger partial charge on any atom is -0.292 e. The van der Waals surface area contributed by atoms with Gasteiger partial charge in [0.1, 0.15) is 5.82 Å². The SMILES string of the molecule is O=C1CCc2ccc(F)cc2C(=O)N1. The highest BCUT2D eigenvalue weighted by atomic mass is 19.1. The lowest BCUT2D eigenvalue weighted by atomic mass is 10.0. The summed E-state index contributed by atoms with van der Waals surface area (Å²) in [6, 6.07) is 3.99. The summed E-state index contributed by atoms with van der Waals surface area (Å²) < 4.78 is 12.8. The van der Waals surface area contributed by atoms with Gasteiger partial charge >= 0.3 is 0 Å². The highest BCUT2D eigenvalue weighted by Gasteiger charge is 2.19. The Morgan fingerprint density at radius 1 is 1.21 bits per heavy atom. The summed E-state index contributed by atoms with van der Waals surface area (Å²) in [7, 11) is 0. The molecule has 14 heavy (non-hydrogen) atoms. The summed E-state index contributed by atoms with van der Waals surface area (Å²) in [6.45, 7) is 0. The van der Waals surface area contributed by atoms with E-state index < -0.39 is 11.7 Å². The second kappa shape index (κ2) is 3.21. The van der Waals surface area contributed by atoms with Gasteiger partial charge in [0.15, 0.2) is 0 Å². The fourth-order valence-corrected chi connectivity index (χ4v) is 1.48. The molecule has 0 aromatic heterocycles. The Balaban J connectivity index is 2.49. The third-order valence-corrected chi connectivity index (χ3v) is 2.19. The first-order chi connectivity index (χ1) is 6.66. The number of rotatable bonds is 0. The number of halogens is 1. The van der Waals surface area contributed by atoms with E-state index in [0.29, 0.717) is 6.42 Å². The maximum absolute atomic E-state index is 12.8. The van der Waals surface area contributed by atoms with Crippen molar-refractivity contribution in [2.24, 2.45) is 0 Å². The highest BCUT2D eigenvalue weighted by molar-refractivity contribution is 6.06. The van der Waals surface area contributed by atoms with Gasteiger partial charge < -0.3 is 0 Å². The van der Waals surface area contributed by atoms with E-state index in [1.54, 1.807) is 6.07 Å². The van der Waals surface area contributed by atoms with Crippen LogP contribution in [0.15, 0.2) is 18.2 Å². The number of imide groups is 1. The van der Waals surface area contributed by atoms with Gasteiger partial charge in [0.25, 0.3) is 5.91 Å². The number of carbonyl (C=O) groups excluding carboxylic acids is 2. The van der Waals surface area contributed by atoms with E-state index in [0.717, 1.165) is 11.6 Å². The van der Waals surface area contributed by atoms with Gasteiger partial charge in [-0.25, -0.2) is 4.39 Å². The fraction of sp³-hybridized carbons (Fsp3) is 0.200. The first kappa shape index (κ1) is 8.87. The van der Waals surface area contributed by atoms with Gasteiger partial charge in [-0.3, -0.25) is 14.9 Å². The predicted molar refractivity (Wildman–Crippen MR) is 47.2 cm³/mol. The highest BCUT2D eigenvalue weighted by Crippen LogP contribution is 2.15. The lowest BCUT2D eigenvalue weighted by Crippen LogP contribution is -2.28. The summed E-state index contributed by atoms with van der Waals surface area (Å²) in [5.41, 5.74) is 0.977. The van der Waals surface area contributed by atoms with Crippen LogP contribution in [0.5, 0.6) is 0 Å². The van der Waals surface area contributed by atoms with Crippen LogP contribution in [-0.4, -0.2) is 11.8 Å². The van der Waals surface area contributed by atoms with Crippen molar-refractivity contribution in [1.82, 2.24) is 5.32 Å². The summed E-state index contributed by atoms with van der Waals surface area (Å²) in [5, 5.41) is 2.18. The second-order valence-electron chi connectivity index (χ2n) is 3.18. The Bertz CT molecular complexity index is 415. The third kappa shape index (κ3) is 1.51. The van der Waals surface area contributed by atoms with Crippen LogP contribution in [-0.2, 0) is 11.2 Å². The van der Waals surface area contributed by atoms with E-state index >= 15 is 0 Å². The molecule has 72 valence electrons. The van der Waals surface area contributed by atoms with Crippen LogP contribution in [0.3, 0.4) is 0 Å². The minimum atomic E-state index is -0.512. The number of hydrogen-bond acceptors (Lipinski definition) is 2. The van der Waals surface area contributed by atoms with E-state index in [1.165, 1.54) is 6.07 Å². The summed E-state index contributed by atoms with van der Waals surface area (Å²) >= 11 is 0. The fourth-order valence-electron chi connectivity index (χ4n) is 1.48. The molecule has 2 rings (SSSR count). The number of fused-ring (bicyclic) bond motifs is 1. The maximum atomic E-state index is 12.8. The lowest BCUT2D eigenvalue weighted by molar-refractivity contribution is -0.119. The van der Waals surface area contributed by atoms with Crippen LogP contribution >= 0.6 is 0 Å². The largest absolute Gasteiger partial charge is 0.292 e. The molecule has 0 bridgehead atoms. The molecule has 1 aliphatic rings. The molecule has 1 aromatic carbocycles. The molecular formula is C10H8FNO2. The molecule has 0 saturated heterocycles. The molecule has 0 spiro atoms. The van der Waals surface area contributed by atoms with Crippen LogP contribution in [0.1, 0.15) is 22.3 Å². The van der Waals surface area contributed by atoms with Crippen LogP contribution < -0.4 is 5.32 Å². The Labute approximate surface area is 79.9 Å². The number of benzene rings is 1. The first-order valence-corrected chi connectivity index (χ1v) is 4.29. The van der Waals surface area contributed by atoms with Crippen molar-refractivity contribution < 1.29 is 14.0 Å². The van der Waals surface area contributed by atoms with E-state index in [1.807, 2.05) is 0 Å². The van der Waals surface area contributed by atoms with Crippen LogP contribution in [0.4, 0.5) is 4.39 Å². The second-order valence-corrected chi connectivity index (χ2v) is 3.18. The monoisotopic (exact) mass is 193 g/mol. The molecule has 0 atom stereocenters. The molecule has 2 amide bonds. The Hall–Kier alpha value is -1.71. The Morgan fingerprint density at radius 3 is 2.79 bits per heavy atom. The molecule has 0 saturated carbocycles. The molecular weight excluding hydrogens is 185 g/mol. The Morgan fingerprint density at radius 2 is 2.00 bits per heavy atom. The topological polar surface area (TPSA) is 46.2 Å². The normalized spacial score (nSPS) is 15.8. The molecule has 3 nitrogen and oxygen atoms in total. The van der Waals surface area contributed by atoms with Gasteiger partial charge in [0.05, 0.1) is 0 Å². The van der Waals surface area contributed by atoms with Crippen molar-refractivity contribution in [3.05, 3.63) is 35.1 Å². The van der Waals surface area contributed by atoms with E-state index in [-0.39, 0.29) is 17.9 Å². The van der Waals surface area contributed by atoms with Gasteiger partial charge in [0.2, 0.25) is 5.91 Å². The molecule has 1 heterocycles. The molecule has 0 aliphatic carbocycles. The van der Waals surface area contributed by atoms with Crippen molar-refractivity contribution in [3.63, 3.8) is 0 Å². The zero-order valence-electron chi connectivity index (χ0n) is 7.34. The minimum absolute atomic E-state index is 0.260. The van der Waals surface area contributed by atoms with E-state index in [4.69, 9.17) is 0 Å². The smallest absolute Gasteiger partial charge is 0.258 e. The van der Waals surface area contributed by atoms with Gasteiger partial charge in [-0.1, -0.05) is 6.07 Å². The summed E-state index contributed by atoms with van der Waals surface area (Å²) in [5.74, 6) is -1.29. The molecule has 0 fully saturated rings. The van der Waals surface area contributed by atoms with Gasteiger partial charge in [-0.15, -0.1) is 0 Å². The van der Waals surface area contributed by atoms with Gasteiger partial charge in [-0.2, -0.15) is 0 Å². The lowest BCUT2D eigenvalue weighted by Gasteiger charge is -2.02. The molecule has 0 unspecified atom stereocenters. The van der Waals surface area contributed by atoms with Crippen molar-refractivity contribution in [2.75, 3.05) is 0 Å². The standard InChI is InChI=1S/C10H8FNO2/c11-7-3-1-6-2-4-9(13)12-10(14)8(6)5-7/h1,3,5H,2,4H2,(H,12,13,14). The average Bonchev–Trinajstić information content (AvgIpc) is 2.27. The summed E-state index contributed by atoms with van der Waals surface area (Å²) in [4.78, 5) is 22.4. The first-order valence-electron chi connectivity index (χ1n) is 4.29. The Kier molecular flexibility index (Phi) is 2.04. The van der Waals surface area contributed by atoms with Gasteiger partial charge in [-0.05, 0) is 24.1 Å². The van der Waals surface area contributed by atoms with Crippen molar-refractivity contribution in [2.45, 2.75) is 12.8 Å². The zero-order valence-corrected chi connectivity index (χ0v) is 7.34. The molecule has 0 radical (unpaired) electrons. The summed E-state index contributed by atoms with van der Waals surface area (Å²) in [6.07, 6.45) is 0.748. The predicted octanol–water partition coefficient (Wildman–Crippen LogP) is 1.03.